The normalized spacial score (nSPS) is 37.6. The molecule has 86 valence electrons. The fourth-order valence-electron chi connectivity index (χ4n) is 2.64. The molecule has 15 heavy (non-hydrogen) atoms. The van der Waals surface area contributed by atoms with Gasteiger partial charge in [0.05, 0.1) is 19.8 Å². The predicted octanol–water partition coefficient (Wildman–Crippen LogP) is 0.0796. The van der Waals surface area contributed by atoms with E-state index in [0.717, 1.165) is 0 Å². The highest BCUT2D eigenvalue weighted by atomic mass is 19.1. The topological polar surface area (TPSA) is 47.7 Å². The highest BCUT2D eigenvalue weighted by molar-refractivity contribution is 5.04. The fourth-order valence-corrected chi connectivity index (χ4v) is 2.64. The summed E-state index contributed by atoms with van der Waals surface area (Å²) in [6.07, 6.45) is 1.28. The van der Waals surface area contributed by atoms with E-state index in [9.17, 15) is 4.39 Å². The van der Waals surface area contributed by atoms with Gasteiger partial charge in [0.2, 0.25) is 0 Å². The van der Waals surface area contributed by atoms with Crippen LogP contribution in [0.15, 0.2) is 0 Å². The summed E-state index contributed by atoms with van der Waals surface area (Å²) in [4.78, 5) is 1.84. The second-order valence-electron chi connectivity index (χ2n) is 4.74. The molecule has 1 saturated carbocycles. The van der Waals surface area contributed by atoms with E-state index in [1.54, 1.807) is 0 Å². The third-order valence-corrected chi connectivity index (χ3v) is 3.76. The van der Waals surface area contributed by atoms with Crippen LogP contribution >= 0.6 is 0 Å². The molecule has 0 aromatic rings. The highest BCUT2D eigenvalue weighted by Crippen LogP contribution is 2.48. The molecule has 1 spiro atoms. The Morgan fingerprint density at radius 3 is 2.53 bits per heavy atom. The van der Waals surface area contributed by atoms with Gasteiger partial charge in [0, 0.05) is 19.0 Å². The molecule has 3 aliphatic rings. The number of likely N-dealkylation sites (tertiary alicyclic amines) is 1. The molecule has 2 saturated heterocycles. The molecule has 2 N–H and O–H groups in total. The Morgan fingerprint density at radius 2 is 2.00 bits per heavy atom. The SMILES string of the molecule is NCC1CN(C2(F)CC2)CC12OCCO2. The van der Waals surface area contributed by atoms with Crippen molar-refractivity contribution >= 4 is 0 Å². The van der Waals surface area contributed by atoms with E-state index in [2.05, 4.69) is 0 Å². The van der Waals surface area contributed by atoms with Crippen LogP contribution in [-0.4, -0.2) is 49.3 Å². The Morgan fingerprint density at radius 1 is 1.33 bits per heavy atom. The van der Waals surface area contributed by atoms with Crippen molar-refractivity contribution in [1.29, 1.82) is 0 Å². The zero-order valence-electron chi connectivity index (χ0n) is 8.75. The summed E-state index contributed by atoms with van der Waals surface area (Å²) < 4.78 is 25.2. The van der Waals surface area contributed by atoms with Gasteiger partial charge in [-0.1, -0.05) is 0 Å². The van der Waals surface area contributed by atoms with Crippen molar-refractivity contribution < 1.29 is 13.9 Å². The van der Waals surface area contributed by atoms with Gasteiger partial charge in [0.1, 0.15) is 0 Å². The van der Waals surface area contributed by atoms with Crippen LogP contribution in [0.1, 0.15) is 12.8 Å². The highest BCUT2D eigenvalue weighted by Gasteiger charge is 2.59. The Labute approximate surface area is 88.5 Å². The van der Waals surface area contributed by atoms with Crippen LogP contribution in [0.2, 0.25) is 0 Å². The van der Waals surface area contributed by atoms with E-state index < -0.39 is 11.6 Å². The largest absolute Gasteiger partial charge is 0.346 e. The lowest BCUT2D eigenvalue weighted by molar-refractivity contribution is -0.174. The summed E-state index contributed by atoms with van der Waals surface area (Å²) in [7, 11) is 0. The molecule has 0 aromatic carbocycles. The first-order valence-electron chi connectivity index (χ1n) is 5.60. The van der Waals surface area contributed by atoms with Crippen LogP contribution in [0.4, 0.5) is 4.39 Å². The maximum absolute atomic E-state index is 13.9. The second kappa shape index (κ2) is 3.13. The number of nitrogens with zero attached hydrogens (tertiary/aromatic N) is 1. The van der Waals surface area contributed by atoms with Crippen LogP contribution in [0, 0.1) is 5.92 Å². The van der Waals surface area contributed by atoms with E-state index in [1.165, 1.54) is 0 Å². The minimum absolute atomic E-state index is 0.105. The van der Waals surface area contributed by atoms with Gasteiger partial charge < -0.3 is 15.2 Å². The maximum atomic E-state index is 13.9. The molecule has 3 rings (SSSR count). The van der Waals surface area contributed by atoms with Gasteiger partial charge in [-0.25, -0.2) is 4.39 Å². The number of halogens is 1. The van der Waals surface area contributed by atoms with Crippen LogP contribution in [0.25, 0.3) is 0 Å². The van der Waals surface area contributed by atoms with E-state index in [1.807, 2.05) is 4.90 Å². The summed E-state index contributed by atoms with van der Waals surface area (Å²) in [6.45, 7) is 2.89. The van der Waals surface area contributed by atoms with Crippen molar-refractivity contribution in [2.75, 3.05) is 32.8 Å². The monoisotopic (exact) mass is 216 g/mol. The molecule has 2 heterocycles. The molecule has 3 fully saturated rings. The number of rotatable bonds is 2. The van der Waals surface area contributed by atoms with Crippen molar-refractivity contribution in [3.8, 4) is 0 Å². The summed E-state index contributed by atoms with van der Waals surface area (Å²) in [5.74, 6) is -1.60. The third kappa shape index (κ3) is 1.41. The molecule has 0 radical (unpaired) electrons. The van der Waals surface area contributed by atoms with Crippen molar-refractivity contribution in [2.45, 2.75) is 24.4 Å². The number of hydrogen-bond donors (Lipinski definition) is 1. The summed E-state index contributed by atoms with van der Waals surface area (Å²) in [6, 6.07) is 0. The zero-order chi connectivity index (χ0) is 10.5. The molecule has 1 unspecified atom stereocenters. The molecule has 0 bridgehead atoms. The van der Waals surface area contributed by atoms with Crippen molar-refractivity contribution in [2.24, 2.45) is 11.7 Å². The molecule has 2 aliphatic heterocycles. The summed E-state index contributed by atoms with van der Waals surface area (Å²) >= 11 is 0. The summed E-state index contributed by atoms with van der Waals surface area (Å²) in [5.41, 5.74) is 5.71. The number of hydrogen-bond acceptors (Lipinski definition) is 4. The number of ether oxygens (including phenoxy) is 2. The minimum atomic E-state index is -1.09. The average Bonchev–Trinajstić information content (AvgIpc) is 2.72. The summed E-state index contributed by atoms with van der Waals surface area (Å²) in [5, 5.41) is 0. The number of alkyl halides is 1. The van der Waals surface area contributed by atoms with E-state index in [4.69, 9.17) is 15.2 Å². The molecule has 4 nitrogen and oxygen atoms in total. The van der Waals surface area contributed by atoms with Gasteiger partial charge in [-0.3, -0.25) is 4.90 Å². The van der Waals surface area contributed by atoms with Crippen LogP contribution in [0.3, 0.4) is 0 Å². The van der Waals surface area contributed by atoms with Crippen LogP contribution in [-0.2, 0) is 9.47 Å². The first-order chi connectivity index (χ1) is 7.19. The Kier molecular flexibility index (Phi) is 2.08. The Bertz CT molecular complexity index is 264. The van der Waals surface area contributed by atoms with Gasteiger partial charge in [0.25, 0.3) is 0 Å². The van der Waals surface area contributed by atoms with Gasteiger partial charge in [-0.15, -0.1) is 0 Å². The molecular weight excluding hydrogens is 199 g/mol. The van der Waals surface area contributed by atoms with Crippen LogP contribution < -0.4 is 5.73 Å². The lowest BCUT2D eigenvalue weighted by Gasteiger charge is -2.27. The fraction of sp³-hybridized carbons (Fsp3) is 1.00. The van der Waals surface area contributed by atoms with Gasteiger partial charge >= 0.3 is 0 Å². The number of nitrogens with two attached hydrogens (primary N) is 1. The second-order valence-corrected chi connectivity index (χ2v) is 4.74. The quantitative estimate of drug-likeness (QED) is 0.664. The van der Waals surface area contributed by atoms with E-state index in [-0.39, 0.29) is 5.92 Å². The molecule has 1 atom stereocenters. The van der Waals surface area contributed by atoms with E-state index in [0.29, 0.717) is 45.7 Å². The van der Waals surface area contributed by atoms with E-state index >= 15 is 0 Å². The van der Waals surface area contributed by atoms with Crippen molar-refractivity contribution in [1.82, 2.24) is 4.90 Å². The van der Waals surface area contributed by atoms with Crippen molar-refractivity contribution in [3.05, 3.63) is 0 Å². The maximum Gasteiger partial charge on any atom is 0.186 e. The molecule has 5 heteroatoms. The minimum Gasteiger partial charge on any atom is -0.346 e. The van der Waals surface area contributed by atoms with Gasteiger partial charge in [-0.2, -0.15) is 0 Å². The van der Waals surface area contributed by atoms with Gasteiger partial charge in [0.15, 0.2) is 11.6 Å². The van der Waals surface area contributed by atoms with Crippen molar-refractivity contribution in [3.63, 3.8) is 0 Å². The Hall–Kier alpha value is -0.230. The zero-order valence-corrected chi connectivity index (χ0v) is 8.75. The lowest BCUT2D eigenvalue weighted by atomic mass is 10.0. The first kappa shape index (κ1) is 9.96. The van der Waals surface area contributed by atoms with Crippen LogP contribution in [0.5, 0.6) is 0 Å². The van der Waals surface area contributed by atoms with Gasteiger partial charge in [-0.05, 0) is 12.8 Å². The lowest BCUT2D eigenvalue weighted by Crippen LogP contribution is -2.43. The molecule has 0 aromatic heterocycles. The molecule has 1 aliphatic carbocycles. The Balaban J connectivity index is 1.78. The third-order valence-electron chi connectivity index (χ3n) is 3.76. The molecule has 0 amide bonds. The predicted molar refractivity (Wildman–Crippen MR) is 51.8 cm³/mol. The molecular formula is C10H17FN2O2. The average molecular weight is 216 g/mol. The first-order valence-corrected chi connectivity index (χ1v) is 5.60. The smallest absolute Gasteiger partial charge is 0.186 e. The standard InChI is InChI=1S/C10H17FN2O2/c11-9(1-2-9)13-6-8(5-12)10(7-13)14-3-4-15-10/h8H,1-7,12H2.